The number of hydrogen-bond acceptors (Lipinski definition) is 6. The summed E-state index contributed by atoms with van der Waals surface area (Å²) in [6, 6.07) is 23.4. The van der Waals surface area contributed by atoms with Crippen LogP contribution in [0.2, 0.25) is 5.02 Å². The summed E-state index contributed by atoms with van der Waals surface area (Å²) in [6.45, 7) is 1.76. The van der Waals surface area contributed by atoms with Gasteiger partial charge in [0.25, 0.3) is 0 Å². The molecule has 0 aliphatic carbocycles. The number of thiazole rings is 1. The number of carbonyl (C=O) groups is 3. The van der Waals surface area contributed by atoms with Gasteiger partial charge in [0.15, 0.2) is 0 Å². The van der Waals surface area contributed by atoms with Crippen molar-refractivity contribution in [3.8, 4) is 0 Å². The first-order valence-corrected chi connectivity index (χ1v) is 14.3. The van der Waals surface area contributed by atoms with E-state index in [9.17, 15) is 19.2 Å². The molecule has 0 bridgehead atoms. The molecule has 0 unspecified atom stereocenters. The minimum atomic E-state index is -0.744. The van der Waals surface area contributed by atoms with E-state index >= 15 is 0 Å². The van der Waals surface area contributed by atoms with Crippen LogP contribution in [0.15, 0.2) is 88.7 Å². The first-order valence-electron chi connectivity index (χ1n) is 12.3. The normalized spacial score (nSPS) is 20.1. The zero-order valence-electron chi connectivity index (χ0n) is 20.7. The minimum Gasteiger partial charge on any atom is -0.325 e. The third kappa shape index (κ3) is 4.60. The lowest BCUT2D eigenvalue weighted by Crippen LogP contribution is -2.33. The number of benzene rings is 3. The molecule has 10 heteroatoms. The third-order valence-electron chi connectivity index (χ3n) is 6.93. The van der Waals surface area contributed by atoms with Crippen molar-refractivity contribution in [1.29, 1.82) is 0 Å². The van der Waals surface area contributed by atoms with Gasteiger partial charge >= 0.3 is 4.87 Å². The highest BCUT2D eigenvalue weighted by Crippen LogP contribution is 2.53. The van der Waals surface area contributed by atoms with E-state index in [1.165, 1.54) is 21.2 Å². The summed E-state index contributed by atoms with van der Waals surface area (Å²) in [7, 11) is 0. The number of imide groups is 1. The van der Waals surface area contributed by atoms with E-state index in [1.807, 2.05) is 49.4 Å². The van der Waals surface area contributed by atoms with Crippen LogP contribution >= 0.6 is 34.7 Å². The van der Waals surface area contributed by atoms with Crippen molar-refractivity contribution in [1.82, 2.24) is 4.57 Å². The van der Waals surface area contributed by atoms with E-state index in [0.29, 0.717) is 26.3 Å². The van der Waals surface area contributed by atoms with Crippen molar-refractivity contribution in [3.05, 3.63) is 110 Å². The van der Waals surface area contributed by atoms with Crippen LogP contribution in [0, 0.1) is 12.8 Å². The van der Waals surface area contributed by atoms with Crippen LogP contribution in [-0.4, -0.2) is 27.5 Å². The van der Waals surface area contributed by atoms with Crippen LogP contribution in [0.1, 0.15) is 21.9 Å². The fraction of sp³-hybridized carbons (Fsp3) is 0.172. The van der Waals surface area contributed by atoms with Gasteiger partial charge in [0, 0.05) is 21.5 Å². The second kappa shape index (κ2) is 10.1. The molecule has 1 fully saturated rings. The van der Waals surface area contributed by atoms with Gasteiger partial charge < -0.3 is 5.32 Å². The number of fused-ring (bicyclic) bond motifs is 2. The summed E-state index contributed by atoms with van der Waals surface area (Å²) < 4.78 is 1.42. The molecule has 6 rings (SSSR count). The topological polar surface area (TPSA) is 88.5 Å². The van der Waals surface area contributed by atoms with Gasteiger partial charge in [-0.25, -0.2) is 4.90 Å². The summed E-state index contributed by atoms with van der Waals surface area (Å²) in [5.41, 5.74) is 2.99. The van der Waals surface area contributed by atoms with Crippen molar-refractivity contribution in [3.63, 3.8) is 0 Å². The van der Waals surface area contributed by atoms with Gasteiger partial charge in [-0.3, -0.25) is 23.7 Å². The Bertz CT molecular complexity index is 1650. The lowest BCUT2D eigenvalue weighted by molar-refractivity contribution is -0.122. The molecule has 0 spiro atoms. The van der Waals surface area contributed by atoms with Crippen LogP contribution in [-0.2, 0) is 20.9 Å². The van der Waals surface area contributed by atoms with Gasteiger partial charge in [-0.15, -0.1) is 0 Å². The summed E-state index contributed by atoms with van der Waals surface area (Å²) in [5, 5.41) is 3.15. The third-order valence-corrected chi connectivity index (χ3v) is 9.79. The number of amides is 3. The SMILES string of the molecule is Cc1ccc(NC(=O)Cn2c3c(sc2=O)[C@@H](c2ccccc2)[C@H]2C(=O)N(c4ccc(Cl)cc4)C(=O)[C@H]2S3)cc1. The Balaban J connectivity index is 1.39. The standard InChI is InChI=1S/C29H22ClN3O4S2/c1-16-7-11-19(12-8-16)31-21(34)15-32-28-25(39-29(32)37)22(17-5-3-2-4-6-17)23-24(38-28)27(36)33(26(23)35)20-13-9-18(30)10-14-20/h2-14,22-24H,15H2,1H3,(H,31,34)/t22-,23+,24-/m0/s1. The maximum atomic E-state index is 13.8. The minimum absolute atomic E-state index is 0.201. The molecule has 1 aromatic heterocycles. The second-order valence-corrected chi connectivity index (χ2v) is 12.0. The molecule has 39 heavy (non-hydrogen) atoms. The summed E-state index contributed by atoms with van der Waals surface area (Å²) in [4.78, 5) is 55.3. The summed E-state index contributed by atoms with van der Waals surface area (Å²) in [5.74, 6) is -2.21. The molecule has 196 valence electrons. The predicted molar refractivity (Wildman–Crippen MR) is 154 cm³/mol. The molecular formula is C29H22ClN3O4S2. The average Bonchev–Trinajstić information content (AvgIpc) is 3.37. The number of aryl methyl sites for hydroxylation is 1. The zero-order chi connectivity index (χ0) is 27.3. The first-order chi connectivity index (χ1) is 18.8. The monoisotopic (exact) mass is 575 g/mol. The van der Waals surface area contributed by atoms with E-state index in [1.54, 1.807) is 36.4 Å². The van der Waals surface area contributed by atoms with Gasteiger partial charge in [-0.2, -0.15) is 0 Å². The van der Waals surface area contributed by atoms with E-state index in [4.69, 9.17) is 11.6 Å². The van der Waals surface area contributed by atoms with Crippen molar-refractivity contribution >= 4 is 63.8 Å². The molecular weight excluding hydrogens is 554 g/mol. The van der Waals surface area contributed by atoms with Gasteiger partial charge in [-0.05, 0) is 48.9 Å². The van der Waals surface area contributed by atoms with Crippen molar-refractivity contribution < 1.29 is 14.4 Å². The predicted octanol–water partition coefficient (Wildman–Crippen LogP) is 5.31. The first kappa shape index (κ1) is 25.6. The molecule has 1 N–H and O–H groups in total. The van der Waals surface area contributed by atoms with Crippen molar-refractivity contribution in [2.75, 3.05) is 10.2 Å². The van der Waals surface area contributed by atoms with Gasteiger partial charge in [0.2, 0.25) is 17.7 Å². The Kier molecular flexibility index (Phi) is 6.66. The Morgan fingerprint density at radius 1 is 0.923 bits per heavy atom. The smallest absolute Gasteiger partial charge is 0.308 e. The lowest BCUT2D eigenvalue weighted by atomic mass is 9.83. The molecule has 0 saturated carbocycles. The highest BCUT2D eigenvalue weighted by atomic mass is 35.5. The lowest BCUT2D eigenvalue weighted by Gasteiger charge is -2.30. The fourth-order valence-corrected chi connectivity index (χ4v) is 8.00. The maximum absolute atomic E-state index is 13.8. The number of hydrogen-bond donors (Lipinski definition) is 1. The highest BCUT2D eigenvalue weighted by molar-refractivity contribution is 8.00. The zero-order valence-corrected chi connectivity index (χ0v) is 23.1. The van der Waals surface area contributed by atoms with Crippen molar-refractivity contribution in [2.24, 2.45) is 5.92 Å². The summed E-state index contributed by atoms with van der Waals surface area (Å²) >= 11 is 8.26. The number of thioether (sulfide) groups is 1. The number of nitrogens with one attached hydrogen (secondary N) is 1. The van der Waals surface area contributed by atoms with E-state index in [0.717, 1.165) is 22.5 Å². The number of aromatic nitrogens is 1. The van der Waals surface area contributed by atoms with Crippen molar-refractivity contribution in [2.45, 2.75) is 29.7 Å². The Morgan fingerprint density at radius 3 is 2.31 bits per heavy atom. The number of halogens is 1. The van der Waals surface area contributed by atoms with E-state index in [-0.39, 0.29) is 29.1 Å². The summed E-state index contributed by atoms with van der Waals surface area (Å²) in [6.07, 6.45) is 0. The van der Waals surface area contributed by atoms with Crippen LogP contribution < -0.4 is 15.1 Å². The fourth-order valence-electron chi connectivity index (χ4n) is 5.10. The van der Waals surface area contributed by atoms with Crippen LogP contribution in [0.3, 0.4) is 0 Å². The van der Waals surface area contributed by atoms with E-state index in [2.05, 4.69) is 5.32 Å². The molecule has 3 amide bonds. The number of anilines is 2. The molecule has 3 aromatic carbocycles. The Labute approximate surface area is 237 Å². The molecule has 0 radical (unpaired) electrons. The van der Waals surface area contributed by atoms with Crippen LogP contribution in [0.4, 0.5) is 11.4 Å². The maximum Gasteiger partial charge on any atom is 0.308 e. The molecule has 1 saturated heterocycles. The molecule has 2 aliphatic heterocycles. The second-order valence-electron chi connectivity index (χ2n) is 9.48. The molecule has 3 atom stereocenters. The number of rotatable bonds is 5. The number of nitrogens with zero attached hydrogens (tertiary/aromatic N) is 2. The highest BCUT2D eigenvalue weighted by Gasteiger charge is 2.56. The quantitative estimate of drug-likeness (QED) is 0.326. The Morgan fingerprint density at radius 2 is 1.62 bits per heavy atom. The average molecular weight is 576 g/mol. The Hall–Kier alpha value is -3.66. The van der Waals surface area contributed by atoms with Gasteiger partial charge in [-0.1, -0.05) is 82.7 Å². The van der Waals surface area contributed by atoms with Gasteiger partial charge in [0.05, 0.1) is 16.6 Å². The van der Waals surface area contributed by atoms with Crippen LogP contribution in [0.25, 0.3) is 0 Å². The van der Waals surface area contributed by atoms with E-state index < -0.39 is 17.1 Å². The van der Waals surface area contributed by atoms with Gasteiger partial charge in [0.1, 0.15) is 11.8 Å². The van der Waals surface area contributed by atoms with Crippen LogP contribution in [0.5, 0.6) is 0 Å². The number of carbonyl (C=O) groups excluding carboxylic acids is 3. The largest absolute Gasteiger partial charge is 0.325 e. The molecule has 4 aromatic rings. The molecule has 2 aliphatic rings. The molecule has 7 nitrogen and oxygen atoms in total. The molecule has 3 heterocycles.